The van der Waals surface area contributed by atoms with E-state index in [1.54, 1.807) is 24.0 Å². The second-order valence-corrected chi connectivity index (χ2v) is 5.94. The lowest BCUT2D eigenvalue weighted by Gasteiger charge is -2.33. The zero-order valence-electron chi connectivity index (χ0n) is 14.3. The fourth-order valence-electron chi connectivity index (χ4n) is 2.93. The number of non-ortho nitro benzene ring substituents is 1. The number of carbonyl (C=O) groups is 1. The number of amides is 1. The lowest BCUT2D eigenvalue weighted by molar-refractivity contribution is -0.384. The molecule has 9 heteroatoms. The van der Waals surface area contributed by atoms with Crippen LogP contribution in [0.3, 0.4) is 0 Å². The summed E-state index contributed by atoms with van der Waals surface area (Å²) in [6.07, 6.45) is 0. The van der Waals surface area contributed by atoms with Crippen LogP contribution in [0.15, 0.2) is 24.3 Å². The van der Waals surface area contributed by atoms with Crippen LogP contribution in [0.4, 0.5) is 5.69 Å². The predicted molar refractivity (Wildman–Crippen MR) is 90.8 cm³/mol. The van der Waals surface area contributed by atoms with Gasteiger partial charge in [-0.25, -0.2) is 4.68 Å². The molecule has 0 N–H and O–H groups in total. The van der Waals surface area contributed by atoms with Gasteiger partial charge in [-0.15, -0.1) is 5.10 Å². The summed E-state index contributed by atoms with van der Waals surface area (Å²) in [6.45, 7) is 7.84. The molecule has 0 aliphatic carbocycles. The Morgan fingerprint density at radius 2 is 2.00 bits per heavy atom. The smallest absolute Gasteiger partial charge is 0.276 e. The first-order valence-electron chi connectivity index (χ1n) is 8.20. The molecule has 1 amide bonds. The SMILES string of the molecule is CCN1CCN(C(=O)c2nnn(-c3cccc([N+](=O)[O-])c3)c2C)CC1. The highest BCUT2D eigenvalue weighted by molar-refractivity contribution is 5.93. The molecule has 1 fully saturated rings. The zero-order chi connectivity index (χ0) is 18.0. The second-order valence-electron chi connectivity index (χ2n) is 5.94. The van der Waals surface area contributed by atoms with Crippen molar-refractivity contribution in [2.75, 3.05) is 32.7 Å². The predicted octanol–water partition coefficient (Wildman–Crippen LogP) is 1.26. The van der Waals surface area contributed by atoms with E-state index in [0.29, 0.717) is 24.5 Å². The van der Waals surface area contributed by atoms with Gasteiger partial charge in [0, 0.05) is 38.3 Å². The van der Waals surface area contributed by atoms with Crippen molar-refractivity contribution in [1.82, 2.24) is 24.8 Å². The minimum absolute atomic E-state index is 0.0315. The number of benzene rings is 1. The molecule has 3 rings (SSSR count). The molecule has 0 spiro atoms. The van der Waals surface area contributed by atoms with Gasteiger partial charge in [-0.2, -0.15) is 0 Å². The molecular weight excluding hydrogens is 324 g/mol. The van der Waals surface area contributed by atoms with E-state index in [0.717, 1.165) is 19.6 Å². The molecule has 1 aromatic carbocycles. The second kappa shape index (κ2) is 6.98. The summed E-state index contributed by atoms with van der Waals surface area (Å²) < 4.78 is 1.46. The number of carbonyl (C=O) groups excluding carboxylic acids is 1. The van der Waals surface area contributed by atoms with E-state index in [9.17, 15) is 14.9 Å². The molecule has 2 heterocycles. The van der Waals surface area contributed by atoms with Gasteiger partial charge in [-0.05, 0) is 19.5 Å². The monoisotopic (exact) mass is 344 g/mol. The normalized spacial score (nSPS) is 15.4. The Morgan fingerprint density at radius 1 is 1.28 bits per heavy atom. The Labute approximate surface area is 145 Å². The first kappa shape index (κ1) is 17.0. The molecule has 0 atom stereocenters. The number of nitro groups is 1. The van der Waals surface area contributed by atoms with E-state index in [2.05, 4.69) is 22.1 Å². The summed E-state index contributed by atoms with van der Waals surface area (Å²) in [4.78, 5) is 27.3. The van der Waals surface area contributed by atoms with E-state index in [1.807, 2.05) is 0 Å². The van der Waals surface area contributed by atoms with E-state index in [1.165, 1.54) is 16.8 Å². The lowest BCUT2D eigenvalue weighted by atomic mass is 10.2. The topological polar surface area (TPSA) is 97.4 Å². The third kappa shape index (κ3) is 3.36. The number of nitrogens with zero attached hydrogens (tertiary/aromatic N) is 6. The average Bonchev–Trinajstić information content (AvgIpc) is 3.02. The van der Waals surface area contributed by atoms with Gasteiger partial charge in [0.15, 0.2) is 5.69 Å². The van der Waals surface area contributed by atoms with Crippen molar-refractivity contribution in [3.63, 3.8) is 0 Å². The van der Waals surface area contributed by atoms with E-state index >= 15 is 0 Å². The van der Waals surface area contributed by atoms with Crippen LogP contribution in [-0.4, -0.2) is 68.3 Å². The molecule has 1 aliphatic rings. The first-order chi connectivity index (χ1) is 12.0. The third-order valence-corrected chi connectivity index (χ3v) is 4.49. The van der Waals surface area contributed by atoms with Crippen LogP contribution in [0, 0.1) is 17.0 Å². The number of hydrogen-bond donors (Lipinski definition) is 0. The standard InChI is InChI=1S/C16H20N6O3/c1-3-19-7-9-20(10-8-19)16(23)15-12(2)21(18-17-15)13-5-4-6-14(11-13)22(24)25/h4-6,11H,3,7-10H2,1-2H3. The Kier molecular flexibility index (Phi) is 4.75. The third-order valence-electron chi connectivity index (χ3n) is 4.49. The highest BCUT2D eigenvalue weighted by Crippen LogP contribution is 2.19. The number of rotatable bonds is 4. The Morgan fingerprint density at radius 3 is 2.64 bits per heavy atom. The summed E-state index contributed by atoms with van der Waals surface area (Å²) in [5.74, 6) is -0.148. The van der Waals surface area contributed by atoms with Crippen LogP contribution >= 0.6 is 0 Å². The van der Waals surface area contributed by atoms with Gasteiger partial charge >= 0.3 is 0 Å². The number of likely N-dealkylation sites (N-methyl/N-ethyl adjacent to an activating group) is 1. The van der Waals surface area contributed by atoms with Crippen molar-refractivity contribution in [3.8, 4) is 5.69 Å². The number of hydrogen-bond acceptors (Lipinski definition) is 6. The van der Waals surface area contributed by atoms with Crippen molar-refractivity contribution in [3.05, 3.63) is 45.8 Å². The number of piperazine rings is 1. The van der Waals surface area contributed by atoms with E-state index < -0.39 is 4.92 Å². The fraction of sp³-hybridized carbons (Fsp3) is 0.438. The molecule has 1 aromatic heterocycles. The molecule has 0 unspecified atom stereocenters. The number of nitro benzene ring substituents is 1. The maximum atomic E-state index is 12.7. The van der Waals surface area contributed by atoms with Crippen molar-refractivity contribution < 1.29 is 9.72 Å². The van der Waals surface area contributed by atoms with Crippen molar-refractivity contribution in [1.29, 1.82) is 0 Å². The molecule has 2 aromatic rings. The van der Waals surface area contributed by atoms with Crippen LogP contribution in [0.2, 0.25) is 0 Å². The van der Waals surface area contributed by atoms with Crippen LogP contribution in [-0.2, 0) is 0 Å². The van der Waals surface area contributed by atoms with E-state index in [4.69, 9.17) is 0 Å². The molecule has 1 saturated heterocycles. The Bertz CT molecular complexity index is 795. The largest absolute Gasteiger partial charge is 0.335 e. The molecule has 0 saturated carbocycles. The highest BCUT2D eigenvalue weighted by atomic mass is 16.6. The van der Waals surface area contributed by atoms with Gasteiger partial charge in [0.25, 0.3) is 11.6 Å². The van der Waals surface area contributed by atoms with Crippen LogP contribution < -0.4 is 0 Å². The summed E-state index contributed by atoms with van der Waals surface area (Å²) in [6, 6.07) is 6.11. The summed E-state index contributed by atoms with van der Waals surface area (Å²) >= 11 is 0. The first-order valence-corrected chi connectivity index (χ1v) is 8.20. The maximum absolute atomic E-state index is 12.7. The quantitative estimate of drug-likeness (QED) is 0.612. The van der Waals surface area contributed by atoms with Crippen molar-refractivity contribution >= 4 is 11.6 Å². The zero-order valence-corrected chi connectivity index (χ0v) is 14.3. The molecule has 132 valence electrons. The van der Waals surface area contributed by atoms with Gasteiger partial charge in [0.1, 0.15) is 0 Å². The minimum atomic E-state index is -0.463. The highest BCUT2D eigenvalue weighted by Gasteiger charge is 2.26. The molecule has 1 aliphatic heterocycles. The summed E-state index contributed by atoms with van der Waals surface area (Å²) in [5.41, 5.74) is 1.34. The van der Waals surface area contributed by atoms with Gasteiger partial charge in [-0.3, -0.25) is 14.9 Å². The molecule has 0 radical (unpaired) electrons. The van der Waals surface area contributed by atoms with Crippen LogP contribution in [0.1, 0.15) is 23.1 Å². The summed E-state index contributed by atoms with van der Waals surface area (Å²) in [7, 11) is 0. The maximum Gasteiger partial charge on any atom is 0.276 e. The molecule has 0 bridgehead atoms. The minimum Gasteiger partial charge on any atom is -0.335 e. The fourth-order valence-corrected chi connectivity index (χ4v) is 2.93. The molecule has 25 heavy (non-hydrogen) atoms. The van der Waals surface area contributed by atoms with Crippen LogP contribution in [0.5, 0.6) is 0 Å². The van der Waals surface area contributed by atoms with Gasteiger partial charge < -0.3 is 9.80 Å². The van der Waals surface area contributed by atoms with Gasteiger partial charge in [0.2, 0.25) is 0 Å². The molecular formula is C16H20N6O3. The van der Waals surface area contributed by atoms with E-state index in [-0.39, 0.29) is 17.3 Å². The van der Waals surface area contributed by atoms with Crippen molar-refractivity contribution in [2.45, 2.75) is 13.8 Å². The van der Waals surface area contributed by atoms with Gasteiger partial charge in [0.05, 0.1) is 16.3 Å². The Hall–Kier alpha value is -2.81. The van der Waals surface area contributed by atoms with Gasteiger partial charge in [-0.1, -0.05) is 18.2 Å². The molecule has 9 nitrogen and oxygen atoms in total. The van der Waals surface area contributed by atoms with Crippen molar-refractivity contribution in [2.24, 2.45) is 0 Å². The number of aromatic nitrogens is 3. The lowest BCUT2D eigenvalue weighted by Crippen LogP contribution is -2.48. The van der Waals surface area contributed by atoms with Crippen LogP contribution in [0.25, 0.3) is 5.69 Å². The summed E-state index contributed by atoms with van der Waals surface area (Å²) in [5, 5.41) is 19.0. The Balaban J connectivity index is 1.83. The average molecular weight is 344 g/mol.